The average molecular weight is 237 g/mol. The average Bonchev–Trinajstić information content (AvgIpc) is 1.84. The smallest absolute Gasteiger partial charge is 1.00 e. The van der Waals surface area contributed by atoms with Crippen molar-refractivity contribution < 1.29 is 85.6 Å². The van der Waals surface area contributed by atoms with Crippen molar-refractivity contribution in [2.45, 2.75) is 12.5 Å². The van der Waals surface area contributed by atoms with Gasteiger partial charge in [0, 0.05) is 0 Å². The molecule has 0 saturated carbocycles. The van der Waals surface area contributed by atoms with Gasteiger partial charge in [-0.05, 0) is 0 Å². The fraction of sp³-hybridized carbons (Fsp3) is 0.500. The van der Waals surface area contributed by atoms with Crippen LogP contribution in [-0.2, 0) is 25.1 Å². The zero-order valence-electron chi connectivity index (χ0n) is 7.63. The molecule has 72 valence electrons. The molecule has 0 radical (unpaired) electrons. The first-order valence-electron chi connectivity index (χ1n) is 2.64. The normalized spacial score (nSPS) is 13.7. The standard InChI is InChI=1S/C4H6O7S.K.H/c5-2(4(7)8)1-3(6)11-12(9)10;;/h2,5H,1H2,(H,7,8)(H,9,10);;/q;+1;-1/p-1. The predicted octanol–water partition coefficient (Wildman–Crippen LogP) is -4.72. The number of carbonyl (C=O) groups is 2. The van der Waals surface area contributed by atoms with Crippen molar-refractivity contribution in [3.8, 4) is 0 Å². The molecule has 0 aliphatic heterocycles. The number of hydrogen-bond donors (Lipinski definition) is 2. The van der Waals surface area contributed by atoms with Gasteiger partial charge in [0.05, 0.1) is 6.42 Å². The van der Waals surface area contributed by atoms with E-state index in [4.69, 9.17) is 10.2 Å². The van der Waals surface area contributed by atoms with E-state index in [1.54, 1.807) is 0 Å². The van der Waals surface area contributed by atoms with Gasteiger partial charge in [-0.2, -0.15) is 0 Å². The molecular weight excluding hydrogens is 231 g/mol. The van der Waals surface area contributed by atoms with Crippen molar-refractivity contribution in [2.24, 2.45) is 0 Å². The van der Waals surface area contributed by atoms with Crippen molar-refractivity contribution in [1.29, 1.82) is 0 Å². The second-order valence-corrected chi connectivity index (χ2v) is 2.29. The summed E-state index contributed by atoms with van der Waals surface area (Å²) in [5, 5.41) is 16.6. The number of carboxylic acids is 1. The molecular formula is C4H6KO7S-. The van der Waals surface area contributed by atoms with E-state index >= 15 is 0 Å². The molecule has 0 fully saturated rings. The number of hydrogen-bond acceptors (Lipinski definition) is 6. The summed E-state index contributed by atoms with van der Waals surface area (Å²) >= 11 is -3.03. The first kappa shape index (κ1) is 16.1. The molecule has 9 heteroatoms. The summed E-state index contributed by atoms with van der Waals surface area (Å²) in [5.74, 6) is -2.94. The molecule has 2 unspecified atom stereocenters. The molecule has 0 aromatic rings. The Morgan fingerprint density at radius 2 is 2.08 bits per heavy atom. The van der Waals surface area contributed by atoms with Gasteiger partial charge in [-0.1, -0.05) is 0 Å². The predicted molar refractivity (Wildman–Crippen MR) is 34.4 cm³/mol. The van der Waals surface area contributed by atoms with Crippen LogP contribution in [0, 0.1) is 0 Å². The Balaban J connectivity index is -0.000000605. The Bertz CT molecular complexity index is 222. The first-order chi connectivity index (χ1) is 5.43. The largest absolute Gasteiger partial charge is 1.00 e. The van der Waals surface area contributed by atoms with Crippen LogP contribution in [0.1, 0.15) is 7.85 Å². The van der Waals surface area contributed by atoms with E-state index in [2.05, 4.69) is 4.18 Å². The topological polar surface area (TPSA) is 124 Å². The summed E-state index contributed by atoms with van der Waals surface area (Å²) in [7, 11) is 0. The van der Waals surface area contributed by atoms with E-state index < -0.39 is 35.8 Å². The summed E-state index contributed by atoms with van der Waals surface area (Å²) in [6.07, 6.45) is -2.84. The van der Waals surface area contributed by atoms with Crippen LogP contribution in [0.4, 0.5) is 0 Å². The Labute approximate surface area is 120 Å². The van der Waals surface area contributed by atoms with Crippen LogP contribution >= 0.6 is 0 Å². The number of aliphatic carboxylic acids is 1. The molecule has 0 heterocycles. The van der Waals surface area contributed by atoms with Gasteiger partial charge in [0.25, 0.3) is 0 Å². The third-order valence-electron chi connectivity index (χ3n) is 0.806. The molecule has 2 atom stereocenters. The number of carbonyl (C=O) groups excluding carboxylic acids is 1. The third-order valence-corrected chi connectivity index (χ3v) is 1.13. The Hall–Kier alpha value is 0.646. The van der Waals surface area contributed by atoms with E-state index in [9.17, 15) is 18.4 Å². The van der Waals surface area contributed by atoms with Gasteiger partial charge >= 0.3 is 63.3 Å². The van der Waals surface area contributed by atoms with Gasteiger partial charge in [0.2, 0.25) is 0 Å². The zero-order valence-corrected chi connectivity index (χ0v) is 10.6. The summed E-state index contributed by atoms with van der Waals surface area (Å²) in [6.45, 7) is 0. The second kappa shape index (κ2) is 8.00. The van der Waals surface area contributed by atoms with E-state index in [1.807, 2.05) is 0 Å². The van der Waals surface area contributed by atoms with Crippen LogP contribution in [0.25, 0.3) is 0 Å². The molecule has 0 rings (SSSR count). The minimum Gasteiger partial charge on any atom is -1.00 e. The summed E-state index contributed by atoms with van der Waals surface area (Å²) in [6, 6.07) is 0. The second-order valence-electron chi connectivity index (χ2n) is 1.72. The number of rotatable bonds is 4. The SMILES string of the molecule is O=C(CC(O)C(=O)O)OS(=O)[O-].[H-].[K+]. The van der Waals surface area contributed by atoms with Gasteiger partial charge in [0.1, 0.15) is 11.4 Å². The minimum atomic E-state index is -3.03. The van der Waals surface area contributed by atoms with Crippen molar-refractivity contribution >= 4 is 23.3 Å². The Morgan fingerprint density at radius 3 is 2.38 bits per heavy atom. The fourth-order valence-electron chi connectivity index (χ4n) is 0.355. The van der Waals surface area contributed by atoms with E-state index in [0.29, 0.717) is 0 Å². The molecule has 7 nitrogen and oxygen atoms in total. The van der Waals surface area contributed by atoms with Crippen LogP contribution < -0.4 is 51.4 Å². The molecule has 0 aliphatic rings. The maximum atomic E-state index is 10.3. The quantitative estimate of drug-likeness (QED) is 0.371. The summed E-state index contributed by atoms with van der Waals surface area (Å²) in [5.41, 5.74) is 0. The van der Waals surface area contributed by atoms with Gasteiger partial charge < -0.3 is 20.4 Å². The van der Waals surface area contributed by atoms with Crippen molar-refractivity contribution in [1.82, 2.24) is 0 Å². The maximum Gasteiger partial charge on any atom is 1.00 e. The molecule has 0 amide bonds. The Kier molecular flexibility index (Phi) is 9.90. The van der Waals surface area contributed by atoms with Crippen LogP contribution in [0.5, 0.6) is 0 Å². The molecule has 0 aliphatic carbocycles. The van der Waals surface area contributed by atoms with Crippen molar-refractivity contribution in [2.75, 3.05) is 0 Å². The summed E-state index contributed by atoms with van der Waals surface area (Å²) in [4.78, 5) is 20.2. The molecule has 0 aromatic heterocycles. The van der Waals surface area contributed by atoms with Gasteiger partial charge in [0.15, 0.2) is 6.10 Å². The fourth-order valence-corrected chi connectivity index (χ4v) is 0.575. The number of aliphatic hydroxyl groups is 1. The minimum absolute atomic E-state index is 0. The Morgan fingerprint density at radius 1 is 1.62 bits per heavy atom. The molecule has 2 N–H and O–H groups in total. The van der Waals surface area contributed by atoms with Crippen LogP contribution in [-0.4, -0.2) is 37.0 Å². The van der Waals surface area contributed by atoms with Crippen LogP contribution in [0.15, 0.2) is 0 Å². The van der Waals surface area contributed by atoms with Crippen molar-refractivity contribution in [3.63, 3.8) is 0 Å². The number of aliphatic hydroxyl groups excluding tert-OH is 1. The monoisotopic (exact) mass is 237 g/mol. The summed E-state index contributed by atoms with van der Waals surface area (Å²) < 4.78 is 22.9. The van der Waals surface area contributed by atoms with E-state index in [1.165, 1.54) is 0 Å². The molecule has 0 bridgehead atoms. The molecule has 0 spiro atoms. The van der Waals surface area contributed by atoms with Crippen LogP contribution in [0.3, 0.4) is 0 Å². The van der Waals surface area contributed by atoms with Crippen molar-refractivity contribution in [3.05, 3.63) is 0 Å². The molecule has 0 aromatic carbocycles. The van der Waals surface area contributed by atoms with Crippen LogP contribution in [0.2, 0.25) is 0 Å². The molecule has 13 heavy (non-hydrogen) atoms. The molecule has 0 saturated heterocycles. The maximum absolute atomic E-state index is 10.3. The van der Waals surface area contributed by atoms with Gasteiger partial charge in [-0.3, -0.25) is 4.79 Å². The van der Waals surface area contributed by atoms with Gasteiger partial charge in [-0.15, -0.1) is 0 Å². The third kappa shape index (κ3) is 8.96. The van der Waals surface area contributed by atoms with Gasteiger partial charge in [-0.25, -0.2) is 9.00 Å². The van der Waals surface area contributed by atoms with E-state index in [0.717, 1.165) is 0 Å². The van der Waals surface area contributed by atoms with E-state index in [-0.39, 0.29) is 52.8 Å². The first-order valence-corrected chi connectivity index (χ1v) is 3.64. The number of carboxylic acid groups (broad SMARTS) is 1. The zero-order chi connectivity index (χ0) is 9.72.